The van der Waals surface area contributed by atoms with E-state index in [4.69, 9.17) is 0 Å². The summed E-state index contributed by atoms with van der Waals surface area (Å²) in [7, 11) is 4.27. The Hall–Kier alpha value is -1.43. The molecule has 2 aliphatic heterocycles. The van der Waals surface area contributed by atoms with Crippen LogP contribution in [0.25, 0.3) is 0 Å². The van der Waals surface area contributed by atoms with E-state index in [-0.39, 0.29) is 0 Å². The fourth-order valence-corrected chi connectivity index (χ4v) is 5.25. The highest BCUT2D eigenvalue weighted by Crippen LogP contribution is 2.44. The molecule has 0 unspecified atom stereocenters. The van der Waals surface area contributed by atoms with Gasteiger partial charge in [-0.15, -0.1) is 11.3 Å². The molecule has 1 atom stereocenters. The second-order valence-electron chi connectivity index (χ2n) is 7.59. The van der Waals surface area contributed by atoms with Gasteiger partial charge in [-0.05, 0) is 37.8 Å². The number of benzene rings is 1. The van der Waals surface area contributed by atoms with Crippen LogP contribution in [0, 0.1) is 0 Å². The average Bonchev–Trinajstić information content (AvgIpc) is 3.23. The average molecular weight is 357 g/mol. The summed E-state index contributed by atoms with van der Waals surface area (Å²) in [5, 5.41) is 6.33. The minimum atomic E-state index is 0.398. The van der Waals surface area contributed by atoms with Gasteiger partial charge in [-0.25, -0.2) is 4.98 Å². The molecular weight excluding hydrogens is 328 g/mol. The largest absolute Gasteiger partial charge is 0.365 e. The van der Waals surface area contributed by atoms with Gasteiger partial charge in [-0.1, -0.05) is 30.3 Å². The van der Waals surface area contributed by atoms with Crippen molar-refractivity contribution in [3.05, 3.63) is 47.0 Å². The van der Waals surface area contributed by atoms with Crippen molar-refractivity contribution in [1.82, 2.24) is 14.8 Å². The third kappa shape index (κ3) is 3.46. The first kappa shape index (κ1) is 17.0. The number of aromatic nitrogens is 1. The number of likely N-dealkylation sites (tertiary alicyclic amines) is 2. The molecule has 2 fully saturated rings. The number of hydrogen-bond acceptors (Lipinski definition) is 5. The highest BCUT2D eigenvalue weighted by atomic mass is 32.1. The second-order valence-corrected chi connectivity index (χ2v) is 8.44. The molecule has 4 rings (SSSR count). The summed E-state index contributed by atoms with van der Waals surface area (Å²) in [5.41, 5.74) is 3.11. The van der Waals surface area contributed by atoms with Crippen LogP contribution in [0.5, 0.6) is 0 Å². The van der Waals surface area contributed by atoms with Crippen molar-refractivity contribution in [3.8, 4) is 0 Å². The summed E-state index contributed by atoms with van der Waals surface area (Å²) in [4.78, 5) is 9.85. The first-order valence-electron chi connectivity index (χ1n) is 9.29. The van der Waals surface area contributed by atoms with Crippen LogP contribution in [0.4, 0.5) is 5.13 Å². The highest BCUT2D eigenvalue weighted by Gasteiger charge is 2.45. The Morgan fingerprint density at radius 3 is 2.68 bits per heavy atom. The van der Waals surface area contributed by atoms with Gasteiger partial charge in [0.25, 0.3) is 0 Å². The lowest BCUT2D eigenvalue weighted by molar-refractivity contribution is 0.0668. The summed E-state index contributed by atoms with van der Waals surface area (Å²) >= 11 is 1.70. The topological polar surface area (TPSA) is 31.4 Å². The molecule has 2 saturated heterocycles. The minimum absolute atomic E-state index is 0.398. The van der Waals surface area contributed by atoms with Crippen molar-refractivity contribution < 1.29 is 0 Å². The second kappa shape index (κ2) is 7.06. The Morgan fingerprint density at radius 1 is 1.24 bits per heavy atom. The van der Waals surface area contributed by atoms with Gasteiger partial charge in [-0.3, -0.25) is 9.80 Å². The van der Waals surface area contributed by atoms with Crippen LogP contribution in [0.1, 0.15) is 36.4 Å². The fourth-order valence-electron chi connectivity index (χ4n) is 4.59. The standard InChI is InChI=1S/C20H28N4S/c1-21-19-22-18(15-25-19)14-24-10-8-20(9-11-24)12-17(13-23(20)2)16-6-4-3-5-7-16/h3-7,15,17H,8-14H2,1-2H3,(H,21,22)/t17-/m0/s1. The van der Waals surface area contributed by atoms with E-state index in [9.17, 15) is 0 Å². The highest BCUT2D eigenvalue weighted by molar-refractivity contribution is 7.13. The molecule has 134 valence electrons. The first-order valence-corrected chi connectivity index (χ1v) is 10.2. The Kier molecular flexibility index (Phi) is 4.80. The van der Waals surface area contributed by atoms with Crippen LogP contribution in [0.3, 0.4) is 0 Å². The van der Waals surface area contributed by atoms with E-state index in [1.54, 1.807) is 11.3 Å². The Balaban J connectivity index is 1.37. The summed E-state index contributed by atoms with van der Waals surface area (Å²) in [5.74, 6) is 0.689. The third-order valence-corrected chi connectivity index (χ3v) is 7.05. The lowest BCUT2D eigenvalue weighted by atomic mass is 9.81. The molecule has 1 aromatic carbocycles. The van der Waals surface area contributed by atoms with Gasteiger partial charge in [0.2, 0.25) is 0 Å². The summed E-state index contributed by atoms with van der Waals surface area (Å²) in [6, 6.07) is 11.1. The van der Waals surface area contributed by atoms with Crippen LogP contribution in [0.15, 0.2) is 35.7 Å². The number of rotatable bonds is 4. The van der Waals surface area contributed by atoms with Gasteiger partial charge in [0.15, 0.2) is 5.13 Å². The molecule has 2 aliphatic rings. The SMILES string of the molecule is CNc1nc(CN2CCC3(CC2)C[C@H](c2ccccc2)CN3C)cs1. The molecule has 0 radical (unpaired) electrons. The molecule has 0 aliphatic carbocycles. The van der Waals surface area contributed by atoms with Crippen molar-refractivity contribution in [1.29, 1.82) is 0 Å². The van der Waals surface area contributed by atoms with Crippen LogP contribution in [-0.4, -0.2) is 54.1 Å². The number of nitrogens with zero attached hydrogens (tertiary/aromatic N) is 3. The van der Waals surface area contributed by atoms with E-state index in [1.807, 2.05) is 7.05 Å². The molecule has 4 nitrogen and oxygen atoms in total. The maximum absolute atomic E-state index is 4.63. The van der Waals surface area contributed by atoms with E-state index in [0.717, 1.165) is 11.7 Å². The lowest BCUT2D eigenvalue weighted by Crippen LogP contribution is -2.50. The van der Waals surface area contributed by atoms with Crippen molar-refractivity contribution in [2.45, 2.75) is 37.3 Å². The van der Waals surface area contributed by atoms with Crippen LogP contribution in [-0.2, 0) is 6.54 Å². The fraction of sp³-hybridized carbons (Fsp3) is 0.550. The van der Waals surface area contributed by atoms with Gasteiger partial charge in [0.1, 0.15) is 0 Å². The van der Waals surface area contributed by atoms with Crippen molar-refractivity contribution >= 4 is 16.5 Å². The smallest absolute Gasteiger partial charge is 0.182 e. The van der Waals surface area contributed by atoms with Crippen LogP contribution in [0.2, 0.25) is 0 Å². The zero-order valence-corrected chi connectivity index (χ0v) is 16.1. The zero-order chi connectivity index (χ0) is 17.3. The van der Waals surface area contributed by atoms with Crippen LogP contribution < -0.4 is 5.32 Å². The van der Waals surface area contributed by atoms with E-state index >= 15 is 0 Å². The number of hydrogen-bond donors (Lipinski definition) is 1. The predicted octanol–water partition coefficient (Wildman–Crippen LogP) is 3.64. The van der Waals surface area contributed by atoms with Crippen LogP contribution >= 0.6 is 11.3 Å². The molecule has 3 heterocycles. The number of thiazole rings is 1. The molecule has 1 N–H and O–H groups in total. The van der Waals surface area contributed by atoms with Crippen molar-refractivity contribution in [2.24, 2.45) is 0 Å². The molecule has 0 amide bonds. The van der Waals surface area contributed by atoms with Gasteiger partial charge < -0.3 is 5.32 Å². The Bertz CT molecular complexity index is 691. The minimum Gasteiger partial charge on any atom is -0.365 e. The molecule has 1 aromatic heterocycles. The Morgan fingerprint density at radius 2 is 2.00 bits per heavy atom. The lowest BCUT2D eigenvalue weighted by Gasteiger charge is -2.43. The van der Waals surface area contributed by atoms with Gasteiger partial charge in [-0.2, -0.15) is 0 Å². The number of anilines is 1. The summed E-state index contributed by atoms with van der Waals surface area (Å²) < 4.78 is 0. The molecule has 2 aromatic rings. The zero-order valence-electron chi connectivity index (χ0n) is 15.2. The van der Waals surface area contributed by atoms with E-state index < -0.39 is 0 Å². The first-order chi connectivity index (χ1) is 12.2. The number of likely N-dealkylation sites (N-methyl/N-ethyl adjacent to an activating group) is 1. The molecule has 5 heteroatoms. The van der Waals surface area contributed by atoms with E-state index in [0.29, 0.717) is 11.5 Å². The van der Waals surface area contributed by atoms with Gasteiger partial charge in [0, 0.05) is 44.1 Å². The summed E-state index contributed by atoms with van der Waals surface area (Å²) in [6.45, 7) is 4.54. The van der Waals surface area contributed by atoms with E-state index in [2.05, 4.69) is 62.9 Å². The molecule has 0 saturated carbocycles. The normalized spacial score (nSPS) is 24.0. The maximum atomic E-state index is 4.63. The van der Waals surface area contributed by atoms with Crippen molar-refractivity contribution in [3.63, 3.8) is 0 Å². The predicted molar refractivity (Wildman–Crippen MR) is 105 cm³/mol. The maximum Gasteiger partial charge on any atom is 0.182 e. The molecular formula is C20H28N4S. The molecule has 25 heavy (non-hydrogen) atoms. The van der Waals surface area contributed by atoms with Gasteiger partial charge in [0.05, 0.1) is 5.69 Å². The third-order valence-electron chi connectivity index (χ3n) is 6.14. The molecule has 1 spiro atoms. The number of piperidine rings is 1. The van der Waals surface area contributed by atoms with Crippen molar-refractivity contribution in [2.75, 3.05) is 39.0 Å². The monoisotopic (exact) mass is 356 g/mol. The number of nitrogens with one attached hydrogen (secondary N) is 1. The van der Waals surface area contributed by atoms with E-state index in [1.165, 1.54) is 50.2 Å². The molecule has 0 bridgehead atoms. The Labute approximate surface area is 154 Å². The summed E-state index contributed by atoms with van der Waals surface area (Å²) in [6.07, 6.45) is 3.85. The quantitative estimate of drug-likeness (QED) is 0.906. The van der Waals surface area contributed by atoms with Gasteiger partial charge >= 0.3 is 0 Å².